The van der Waals surface area contributed by atoms with Gasteiger partial charge in [0.15, 0.2) is 0 Å². The maximum absolute atomic E-state index is 12.7. The Bertz CT molecular complexity index is 1070. The lowest BCUT2D eigenvalue weighted by Crippen LogP contribution is -2.26. The number of hydrogen-bond acceptors (Lipinski definition) is 8. The van der Waals surface area contributed by atoms with Crippen molar-refractivity contribution in [3.8, 4) is 17.1 Å². The number of thiazole rings is 1. The van der Waals surface area contributed by atoms with E-state index in [0.29, 0.717) is 29.6 Å². The summed E-state index contributed by atoms with van der Waals surface area (Å²) in [6.45, 7) is 0.599. The molecular weight excluding hydrogens is 390 g/mol. The van der Waals surface area contributed by atoms with Crippen molar-refractivity contribution in [2.45, 2.75) is 13.2 Å². The standard InChI is InChI=1S/C20H17N5O3S/c1-25(10-18-23-19(24-28-18)15-3-2-8-21-9-15)20(26)14-4-6-17(7-5-14)27-11-16-12-29-13-22-16/h2-9,12-13H,10-11H2,1H3. The Morgan fingerprint density at radius 2 is 2.10 bits per heavy atom. The minimum Gasteiger partial charge on any atom is -0.487 e. The molecule has 29 heavy (non-hydrogen) atoms. The number of pyridine rings is 1. The number of carbonyl (C=O) groups excluding carboxylic acids is 1. The Labute approximate surface area is 170 Å². The van der Waals surface area contributed by atoms with Crippen LogP contribution in [-0.2, 0) is 13.2 Å². The van der Waals surface area contributed by atoms with Gasteiger partial charge in [-0.2, -0.15) is 4.98 Å². The van der Waals surface area contributed by atoms with E-state index in [1.807, 2.05) is 11.4 Å². The first-order chi connectivity index (χ1) is 14.2. The molecule has 0 saturated carbocycles. The van der Waals surface area contributed by atoms with Gasteiger partial charge in [0.25, 0.3) is 5.91 Å². The molecule has 0 atom stereocenters. The first-order valence-corrected chi connectivity index (χ1v) is 9.72. The summed E-state index contributed by atoms with van der Waals surface area (Å²) < 4.78 is 10.9. The molecule has 0 bridgehead atoms. The van der Waals surface area contributed by atoms with Crippen LogP contribution in [0, 0.1) is 0 Å². The molecule has 1 amide bonds. The third-order valence-corrected chi connectivity index (χ3v) is 4.71. The van der Waals surface area contributed by atoms with Crippen LogP contribution in [0.2, 0.25) is 0 Å². The summed E-state index contributed by atoms with van der Waals surface area (Å²) in [5, 5.41) is 5.87. The number of aromatic nitrogens is 4. The molecule has 0 aliphatic carbocycles. The number of hydrogen-bond donors (Lipinski definition) is 0. The molecule has 8 nitrogen and oxygen atoms in total. The highest BCUT2D eigenvalue weighted by Gasteiger charge is 2.16. The lowest BCUT2D eigenvalue weighted by atomic mass is 10.2. The summed E-state index contributed by atoms with van der Waals surface area (Å²) in [6.07, 6.45) is 3.33. The van der Waals surface area contributed by atoms with Crippen molar-refractivity contribution in [3.63, 3.8) is 0 Å². The minimum absolute atomic E-state index is 0.155. The van der Waals surface area contributed by atoms with Gasteiger partial charge in [-0.25, -0.2) is 4.98 Å². The number of rotatable bonds is 7. The molecule has 9 heteroatoms. The van der Waals surface area contributed by atoms with Gasteiger partial charge in [-0.05, 0) is 36.4 Å². The second-order valence-electron chi connectivity index (χ2n) is 6.21. The number of amides is 1. The van der Waals surface area contributed by atoms with Crippen LogP contribution in [0.4, 0.5) is 0 Å². The van der Waals surface area contributed by atoms with Gasteiger partial charge in [-0.3, -0.25) is 9.78 Å². The second kappa shape index (κ2) is 8.61. The Hall–Kier alpha value is -3.59. The Kier molecular flexibility index (Phi) is 5.57. The Balaban J connectivity index is 1.36. The monoisotopic (exact) mass is 407 g/mol. The Morgan fingerprint density at radius 3 is 2.83 bits per heavy atom. The molecule has 0 fully saturated rings. The van der Waals surface area contributed by atoms with E-state index in [1.54, 1.807) is 55.3 Å². The molecule has 0 spiro atoms. The number of carbonyl (C=O) groups is 1. The van der Waals surface area contributed by atoms with Gasteiger partial charge in [-0.1, -0.05) is 5.16 Å². The van der Waals surface area contributed by atoms with Gasteiger partial charge in [0.05, 0.1) is 17.7 Å². The summed E-state index contributed by atoms with van der Waals surface area (Å²) in [7, 11) is 1.68. The fourth-order valence-corrected chi connectivity index (χ4v) is 3.13. The second-order valence-corrected chi connectivity index (χ2v) is 6.93. The molecule has 0 aliphatic heterocycles. The van der Waals surface area contributed by atoms with E-state index in [4.69, 9.17) is 9.26 Å². The number of ether oxygens (including phenoxy) is 1. The molecule has 0 aliphatic rings. The average Bonchev–Trinajstić information content (AvgIpc) is 3.45. The van der Waals surface area contributed by atoms with Crippen molar-refractivity contribution in [2.75, 3.05) is 7.05 Å². The molecule has 4 rings (SSSR count). The summed E-state index contributed by atoms with van der Waals surface area (Å²) in [6, 6.07) is 10.6. The molecule has 3 heterocycles. The predicted molar refractivity (Wildman–Crippen MR) is 106 cm³/mol. The normalized spacial score (nSPS) is 10.7. The van der Waals surface area contributed by atoms with Crippen LogP contribution in [-0.4, -0.2) is 38.0 Å². The molecular formula is C20H17N5O3S. The lowest BCUT2D eigenvalue weighted by molar-refractivity contribution is 0.0769. The quantitative estimate of drug-likeness (QED) is 0.463. The number of nitrogens with zero attached hydrogens (tertiary/aromatic N) is 5. The van der Waals surface area contributed by atoms with Crippen molar-refractivity contribution in [1.29, 1.82) is 0 Å². The molecule has 0 saturated heterocycles. The highest BCUT2D eigenvalue weighted by Crippen LogP contribution is 2.17. The third kappa shape index (κ3) is 4.64. The van der Waals surface area contributed by atoms with Gasteiger partial charge in [0.2, 0.25) is 11.7 Å². The summed E-state index contributed by atoms with van der Waals surface area (Å²) >= 11 is 1.52. The van der Waals surface area contributed by atoms with Crippen molar-refractivity contribution in [1.82, 2.24) is 25.0 Å². The van der Waals surface area contributed by atoms with E-state index in [-0.39, 0.29) is 12.5 Å². The molecule has 0 unspecified atom stereocenters. The highest BCUT2D eigenvalue weighted by atomic mass is 32.1. The van der Waals surface area contributed by atoms with Crippen molar-refractivity contribution in [2.24, 2.45) is 0 Å². The lowest BCUT2D eigenvalue weighted by Gasteiger charge is -2.15. The SMILES string of the molecule is CN(Cc1nc(-c2cccnc2)no1)C(=O)c1ccc(OCc2cscn2)cc1. The molecule has 0 radical (unpaired) electrons. The smallest absolute Gasteiger partial charge is 0.254 e. The van der Waals surface area contributed by atoms with Gasteiger partial charge in [-0.15, -0.1) is 11.3 Å². The van der Waals surface area contributed by atoms with E-state index >= 15 is 0 Å². The van der Waals surface area contributed by atoms with E-state index in [1.165, 1.54) is 16.2 Å². The Morgan fingerprint density at radius 1 is 1.24 bits per heavy atom. The average molecular weight is 407 g/mol. The molecule has 3 aromatic heterocycles. The van der Waals surface area contributed by atoms with E-state index < -0.39 is 0 Å². The highest BCUT2D eigenvalue weighted by molar-refractivity contribution is 7.07. The molecule has 1 aromatic carbocycles. The largest absolute Gasteiger partial charge is 0.487 e. The van der Waals surface area contributed by atoms with Crippen LogP contribution in [0.15, 0.2) is 64.2 Å². The summed E-state index contributed by atoms with van der Waals surface area (Å²) in [5.41, 5.74) is 3.93. The molecule has 4 aromatic rings. The van der Waals surface area contributed by atoms with Crippen LogP contribution in [0.3, 0.4) is 0 Å². The van der Waals surface area contributed by atoms with Gasteiger partial charge in [0.1, 0.15) is 12.4 Å². The van der Waals surface area contributed by atoms with Crippen molar-refractivity contribution >= 4 is 17.2 Å². The van der Waals surface area contributed by atoms with Crippen molar-refractivity contribution in [3.05, 3.63) is 76.8 Å². The third-order valence-electron chi connectivity index (χ3n) is 4.08. The van der Waals surface area contributed by atoms with E-state index in [2.05, 4.69) is 20.1 Å². The zero-order chi connectivity index (χ0) is 20.1. The van der Waals surface area contributed by atoms with Crippen LogP contribution in [0.5, 0.6) is 5.75 Å². The van der Waals surface area contributed by atoms with Crippen LogP contribution >= 0.6 is 11.3 Å². The van der Waals surface area contributed by atoms with Gasteiger partial charge < -0.3 is 14.2 Å². The molecule has 146 valence electrons. The number of benzene rings is 1. The van der Waals surface area contributed by atoms with Gasteiger partial charge >= 0.3 is 0 Å². The minimum atomic E-state index is -0.155. The van der Waals surface area contributed by atoms with Gasteiger partial charge in [0, 0.05) is 35.9 Å². The summed E-state index contributed by atoms with van der Waals surface area (Å²) in [4.78, 5) is 26.7. The van der Waals surface area contributed by atoms with Crippen LogP contribution < -0.4 is 4.74 Å². The van der Waals surface area contributed by atoms with Crippen LogP contribution in [0.25, 0.3) is 11.4 Å². The van der Waals surface area contributed by atoms with Crippen LogP contribution in [0.1, 0.15) is 21.9 Å². The fraction of sp³-hybridized carbons (Fsp3) is 0.150. The zero-order valence-corrected chi connectivity index (χ0v) is 16.4. The zero-order valence-electron chi connectivity index (χ0n) is 15.6. The predicted octanol–water partition coefficient (Wildman–Crippen LogP) is 3.44. The van der Waals surface area contributed by atoms with E-state index in [9.17, 15) is 4.79 Å². The molecule has 0 N–H and O–H groups in total. The first kappa shape index (κ1) is 18.8. The maximum atomic E-state index is 12.7. The summed E-state index contributed by atoms with van der Waals surface area (Å²) in [5.74, 6) is 1.31. The van der Waals surface area contributed by atoms with Crippen molar-refractivity contribution < 1.29 is 14.1 Å². The van der Waals surface area contributed by atoms with E-state index in [0.717, 1.165) is 11.3 Å². The fourth-order valence-electron chi connectivity index (χ4n) is 2.59. The first-order valence-electron chi connectivity index (χ1n) is 8.77. The topological polar surface area (TPSA) is 94.2 Å². The maximum Gasteiger partial charge on any atom is 0.254 e.